The van der Waals surface area contributed by atoms with E-state index in [1.54, 1.807) is 30.6 Å². The molecule has 6 rings (SSSR count). The lowest BCUT2D eigenvalue weighted by Crippen LogP contribution is -2.23. The highest BCUT2D eigenvalue weighted by Crippen LogP contribution is 2.56. The Morgan fingerprint density at radius 1 is 1.11 bits per heavy atom. The van der Waals surface area contributed by atoms with Crippen molar-refractivity contribution in [2.24, 2.45) is 0 Å². The third kappa shape index (κ3) is 3.68. The van der Waals surface area contributed by atoms with Crippen molar-refractivity contribution in [3.63, 3.8) is 0 Å². The average Bonchev–Trinajstić information content (AvgIpc) is 3.34. The number of hydrogen-bond donors (Lipinski definition) is 2. The van der Waals surface area contributed by atoms with E-state index in [0.717, 1.165) is 11.1 Å². The van der Waals surface area contributed by atoms with E-state index < -0.39 is 29.9 Å². The number of rotatable bonds is 4. The molecule has 0 bridgehead atoms. The number of benzene rings is 1. The van der Waals surface area contributed by atoms with Crippen LogP contribution in [0.5, 0.6) is 0 Å². The van der Waals surface area contributed by atoms with Gasteiger partial charge in [-0.1, -0.05) is 6.07 Å². The summed E-state index contributed by atoms with van der Waals surface area (Å²) in [5, 5.41) is 7.85. The fourth-order valence-corrected chi connectivity index (χ4v) is 4.52. The molecule has 0 spiro atoms. The zero-order chi connectivity index (χ0) is 24.5. The number of fused-ring (bicyclic) bond motifs is 2. The molecule has 1 aliphatic carbocycles. The van der Waals surface area contributed by atoms with Crippen molar-refractivity contribution in [3.05, 3.63) is 80.8 Å². The molecule has 0 radical (unpaired) electrons. The van der Waals surface area contributed by atoms with Crippen LogP contribution in [0.1, 0.15) is 29.4 Å². The Balaban J connectivity index is 1.40. The second-order valence-corrected chi connectivity index (χ2v) is 8.45. The van der Waals surface area contributed by atoms with Crippen molar-refractivity contribution in [3.8, 4) is 11.3 Å². The molecule has 2 N–H and O–H groups in total. The number of H-pyrrole nitrogens is 2. The first-order chi connectivity index (χ1) is 16.7. The van der Waals surface area contributed by atoms with Gasteiger partial charge in [0, 0.05) is 24.2 Å². The van der Waals surface area contributed by atoms with E-state index in [-0.39, 0.29) is 28.3 Å². The van der Waals surface area contributed by atoms with Crippen molar-refractivity contribution >= 4 is 16.6 Å². The second kappa shape index (κ2) is 7.35. The zero-order valence-electron chi connectivity index (χ0n) is 17.7. The molecule has 0 saturated heterocycles. The van der Waals surface area contributed by atoms with E-state index in [1.165, 1.54) is 16.8 Å². The number of hydrogen-bond acceptors (Lipinski definition) is 5. The summed E-state index contributed by atoms with van der Waals surface area (Å²) in [6, 6.07) is 6.40. The fourth-order valence-electron chi connectivity index (χ4n) is 4.52. The molecule has 2 atom stereocenters. The van der Waals surface area contributed by atoms with Gasteiger partial charge in [0.2, 0.25) is 5.95 Å². The molecule has 13 heteroatoms. The summed E-state index contributed by atoms with van der Waals surface area (Å²) in [4.78, 5) is 32.6. The van der Waals surface area contributed by atoms with Gasteiger partial charge < -0.3 is 4.98 Å². The average molecular weight is 485 g/mol. The van der Waals surface area contributed by atoms with Gasteiger partial charge in [-0.25, -0.2) is 14.3 Å². The van der Waals surface area contributed by atoms with Crippen molar-refractivity contribution < 1.29 is 17.6 Å². The SMILES string of the molecule is O=c1[nH]cc(-c2cc([C@H]3C[C@@H]3c3ccc4c(F)nn(CC(F)(F)F)c4c3)c3nccn3n2)c(=O)[nH]1. The minimum atomic E-state index is -4.54. The van der Waals surface area contributed by atoms with Crippen LogP contribution in [0.2, 0.25) is 0 Å². The molecule has 0 aliphatic heterocycles. The normalized spacial score (nSPS) is 17.9. The maximum absolute atomic E-state index is 14.1. The highest BCUT2D eigenvalue weighted by atomic mass is 19.4. The maximum atomic E-state index is 14.1. The van der Waals surface area contributed by atoms with Gasteiger partial charge in [-0.15, -0.1) is 5.10 Å². The molecule has 1 aromatic carbocycles. The monoisotopic (exact) mass is 485 g/mol. The molecule has 9 nitrogen and oxygen atoms in total. The zero-order valence-corrected chi connectivity index (χ0v) is 17.7. The lowest BCUT2D eigenvalue weighted by molar-refractivity contribution is -0.142. The molecule has 0 unspecified atom stereocenters. The van der Waals surface area contributed by atoms with Gasteiger partial charge in [0.1, 0.15) is 6.54 Å². The molecule has 4 heterocycles. The van der Waals surface area contributed by atoms with Crippen LogP contribution in [0.4, 0.5) is 17.6 Å². The van der Waals surface area contributed by atoms with Gasteiger partial charge in [-0.2, -0.15) is 22.7 Å². The third-order valence-corrected chi connectivity index (χ3v) is 6.16. The van der Waals surface area contributed by atoms with Crippen LogP contribution >= 0.6 is 0 Å². The molecule has 0 amide bonds. The lowest BCUT2D eigenvalue weighted by Gasteiger charge is -2.09. The first-order valence-electron chi connectivity index (χ1n) is 10.6. The van der Waals surface area contributed by atoms with Gasteiger partial charge in [0.05, 0.1) is 22.2 Å². The summed E-state index contributed by atoms with van der Waals surface area (Å²) in [7, 11) is 0. The van der Waals surface area contributed by atoms with Crippen LogP contribution in [0.25, 0.3) is 27.8 Å². The molecule has 1 fully saturated rings. The number of aromatic nitrogens is 7. The van der Waals surface area contributed by atoms with Gasteiger partial charge in [0.15, 0.2) is 5.65 Å². The first kappa shape index (κ1) is 21.3. The summed E-state index contributed by atoms with van der Waals surface area (Å²) in [6.45, 7) is -1.39. The van der Waals surface area contributed by atoms with Crippen molar-refractivity contribution in [2.45, 2.75) is 31.0 Å². The third-order valence-electron chi connectivity index (χ3n) is 6.16. The molecule has 4 aromatic heterocycles. The first-order valence-corrected chi connectivity index (χ1v) is 10.6. The Morgan fingerprint density at radius 3 is 2.71 bits per heavy atom. The van der Waals surface area contributed by atoms with Crippen LogP contribution in [-0.4, -0.2) is 40.5 Å². The molecular weight excluding hydrogens is 470 g/mol. The van der Waals surface area contributed by atoms with Crippen LogP contribution in [0, 0.1) is 5.95 Å². The Morgan fingerprint density at radius 2 is 1.94 bits per heavy atom. The highest BCUT2D eigenvalue weighted by Gasteiger charge is 2.42. The van der Waals surface area contributed by atoms with E-state index in [0.29, 0.717) is 22.4 Å². The van der Waals surface area contributed by atoms with Crippen LogP contribution in [0.15, 0.2) is 52.4 Å². The van der Waals surface area contributed by atoms with Crippen molar-refractivity contribution in [1.29, 1.82) is 0 Å². The highest BCUT2D eigenvalue weighted by molar-refractivity contribution is 5.80. The van der Waals surface area contributed by atoms with Gasteiger partial charge in [-0.3, -0.25) is 14.5 Å². The number of aromatic amines is 2. The quantitative estimate of drug-likeness (QED) is 0.380. The van der Waals surface area contributed by atoms with Gasteiger partial charge in [0.25, 0.3) is 5.56 Å². The topological polar surface area (TPSA) is 114 Å². The van der Waals surface area contributed by atoms with E-state index in [9.17, 15) is 27.2 Å². The van der Waals surface area contributed by atoms with Gasteiger partial charge >= 0.3 is 11.9 Å². The Bertz CT molecular complexity index is 1730. The summed E-state index contributed by atoms with van der Waals surface area (Å²) in [5.41, 5.74) is 1.47. The number of halogens is 4. The van der Waals surface area contributed by atoms with Crippen LogP contribution < -0.4 is 11.2 Å². The summed E-state index contributed by atoms with van der Waals surface area (Å²) < 4.78 is 55.1. The lowest BCUT2D eigenvalue weighted by atomic mass is 10.0. The molecule has 5 aromatic rings. The Hall–Kier alpha value is -4.29. The standard InChI is InChI=1S/C22H15F4N7O2/c23-18-11-2-1-10(5-17(11)33(31-18)9-22(24,25)26)12-6-13(12)14-7-16(30-32-4-3-27-19(14)32)15-8-28-21(35)29-20(15)34/h1-5,7-8,12-13H,6,9H2,(H2,28,29,34,35)/t12-,13+/m1/s1. The largest absolute Gasteiger partial charge is 0.408 e. The fraction of sp³-hybridized carbons (Fsp3) is 0.227. The van der Waals surface area contributed by atoms with E-state index in [2.05, 4.69) is 25.1 Å². The number of imidazole rings is 1. The maximum Gasteiger partial charge on any atom is 0.408 e. The molecule has 1 saturated carbocycles. The molecule has 178 valence electrons. The van der Waals surface area contributed by atoms with Crippen LogP contribution in [-0.2, 0) is 6.54 Å². The molecular formula is C22H15F4N7O2. The summed E-state index contributed by atoms with van der Waals surface area (Å²) in [6.07, 6.45) is 0.613. The van der Waals surface area contributed by atoms with E-state index in [4.69, 9.17) is 0 Å². The van der Waals surface area contributed by atoms with Gasteiger partial charge in [-0.05, 0) is 42.0 Å². The minimum Gasteiger partial charge on any atom is -0.313 e. The predicted molar refractivity (Wildman–Crippen MR) is 116 cm³/mol. The number of alkyl halides is 3. The molecule has 1 aliphatic rings. The Labute approximate surface area is 192 Å². The predicted octanol–water partition coefficient (Wildman–Crippen LogP) is 3.10. The smallest absolute Gasteiger partial charge is 0.313 e. The van der Waals surface area contributed by atoms with E-state index in [1.807, 2.05) is 0 Å². The number of nitrogens with one attached hydrogen (secondary N) is 2. The van der Waals surface area contributed by atoms with E-state index >= 15 is 0 Å². The summed E-state index contributed by atoms with van der Waals surface area (Å²) >= 11 is 0. The van der Waals surface area contributed by atoms with Crippen molar-refractivity contribution in [2.75, 3.05) is 0 Å². The van der Waals surface area contributed by atoms with Crippen molar-refractivity contribution in [1.82, 2.24) is 34.3 Å². The second-order valence-electron chi connectivity index (χ2n) is 8.45. The van der Waals surface area contributed by atoms with Crippen LogP contribution in [0.3, 0.4) is 0 Å². The summed E-state index contributed by atoms with van der Waals surface area (Å²) in [5.74, 6) is -1.06. The number of nitrogens with zero attached hydrogens (tertiary/aromatic N) is 5. The molecule has 35 heavy (non-hydrogen) atoms. The Kier molecular flexibility index (Phi) is 4.47. The minimum absolute atomic E-state index is 0.0225.